The van der Waals surface area contributed by atoms with Gasteiger partial charge >= 0.3 is 0 Å². The molecule has 0 aliphatic rings. The highest BCUT2D eigenvalue weighted by molar-refractivity contribution is 6.00. The fourth-order valence-electron chi connectivity index (χ4n) is 3.18. The highest BCUT2D eigenvalue weighted by Gasteiger charge is 2.09. The molecular formula is C25H22N4O. The molecule has 0 saturated heterocycles. The number of hydrogen-bond acceptors (Lipinski definition) is 5. The maximum absolute atomic E-state index is 8.99. The number of pyridine rings is 2. The molecule has 0 saturated carbocycles. The molecule has 0 fully saturated rings. The second-order valence-electron chi connectivity index (χ2n) is 7.05. The topological polar surface area (TPSA) is 70.8 Å². The second-order valence-corrected chi connectivity index (χ2v) is 7.05. The maximum atomic E-state index is 8.99. The van der Waals surface area contributed by atoms with Gasteiger partial charge in [-0.25, -0.2) is 4.98 Å². The van der Waals surface area contributed by atoms with E-state index >= 15 is 0 Å². The predicted molar refractivity (Wildman–Crippen MR) is 119 cm³/mol. The molecule has 0 unspecified atom stereocenters. The van der Waals surface area contributed by atoms with Gasteiger partial charge in [0.15, 0.2) is 0 Å². The minimum absolute atomic E-state index is 0.0537. The van der Waals surface area contributed by atoms with Crippen molar-refractivity contribution in [1.82, 2.24) is 9.97 Å². The summed E-state index contributed by atoms with van der Waals surface area (Å²) < 4.78 is 22.9. The molecule has 148 valence electrons. The maximum Gasteiger partial charge on any atom is 0.140 e. The van der Waals surface area contributed by atoms with E-state index in [0.717, 1.165) is 16.5 Å². The predicted octanol–water partition coefficient (Wildman–Crippen LogP) is 5.57. The average Bonchev–Trinajstić information content (AvgIpc) is 2.79. The highest BCUT2D eigenvalue weighted by atomic mass is 16.5. The minimum Gasteiger partial charge on any atom is -0.491 e. The molecule has 0 amide bonds. The summed E-state index contributed by atoms with van der Waals surface area (Å²) in [6, 6.07) is 20.0. The van der Waals surface area contributed by atoms with Crippen molar-refractivity contribution in [2.24, 2.45) is 0 Å². The van der Waals surface area contributed by atoms with E-state index in [1.807, 2.05) is 50.2 Å². The lowest BCUT2D eigenvalue weighted by Gasteiger charge is -2.13. The molecule has 0 radical (unpaired) electrons. The molecule has 4 rings (SSSR count). The van der Waals surface area contributed by atoms with E-state index in [2.05, 4.69) is 15.3 Å². The number of anilines is 1. The Bertz CT molecular complexity index is 1280. The smallest absolute Gasteiger partial charge is 0.140 e. The van der Waals surface area contributed by atoms with Gasteiger partial charge in [-0.05, 0) is 61.4 Å². The standard InChI is InChI=1S/C25H22N4O/c1-17(2)30-21-10-6-18(7-11-21)15-29-24-5-3-4-23-22(12-13-27-25(23)24)19-8-9-20(14-26)28-16-19/h3-13,16-17,29H,15H2,1-2H3/i15D2. The van der Waals surface area contributed by atoms with Crippen molar-refractivity contribution in [3.8, 4) is 22.9 Å². The fraction of sp³-hybridized carbons (Fsp3) is 0.160. The summed E-state index contributed by atoms with van der Waals surface area (Å²) in [5.41, 5.74) is 3.84. The summed E-state index contributed by atoms with van der Waals surface area (Å²) in [5, 5.41) is 12.9. The van der Waals surface area contributed by atoms with Crippen molar-refractivity contribution in [2.45, 2.75) is 26.4 Å². The van der Waals surface area contributed by atoms with Gasteiger partial charge in [0.1, 0.15) is 17.5 Å². The van der Waals surface area contributed by atoms with Crippen LogP contribution in [0.5, 0.6) is 5.75 Å². The molecular weight excluding hydrogens is 372 g/mol. The lowest BCUT2D eigenvalue weighted by molar-refractivity contribution is 0.242. The number of ether oxygens (including phenoxy) is 1. The quantitative estimate of drug-likeness (QED) is 0.461. The lowest BCUT2D eigenvalue weighted by atomic mass is 10.0. The molecule has 1 N–H and O–H groups in total. The largest absolute Gasteiger partial charge is 0.491 e. The van der Waals surface area contributed by atoms with Crippen LogP contribution >= 0.6 is 0 Å². The number of para-hydroxylation sites is 1. The van der Waals surface area contributed by atoms with E-state index in [-0.39, 0.29) is 6.10 Å². The average molecular weight is 396 g/mol. The number of hydrogen-bond donors (Lipinski definition) is 1. The Morgan fingerprint density at radius 3 is 2.60 bits per heavy atom. The van der Waals surface area contributed by atoms with E-state index in [9.17, 15) is 0 Å². The Labute approximate surface area is 178 Å². The van der Waals surface area contributed by atoms with E-state index in [4.69, 9.17) is 12.7 Å². The molecule has 2 heterocycles. The Kier molecular flexibility index (Phi) is 4.88. The molecule has 2 aromatic heterocycles. The number of aromatic nitrogens is 2. The van der Waals surface area contributed by atoms with Gasteiger partial charge in [0, 0.05) is 29.8 Å². The molecule has 30 heavy (non-hydrogen) atoms. The van der Waals surface area contributed by atoms with Crippen LogP contribution < -0.4 is 10.1 Å². The third-order valence-electron chi connectivity index (χ3n) is 4.53. The number of nitriles is 1. The number of fused-ring (bicyclic) bond motifs is 1. The van der Waals surface area contributed by atoms with Gasteiger partial charge in [-0.3, -0.25) is 4.98 Å². The van der Waals surface area contributed by atoms with E-state index in [0.29, 0.717) is 28.2 Å². The normalized spacial score (nSPS) is 12.2. The van der Waals surface area contributed by atoms with Crippen molar-refractivity contribution in [1.29, 1.82) is 5.26 Å². The van der Waals surface area contributed by atoms with Crippen LogP contribution in [0.2, 0.25) is 0 Å². The van der Waals surface area contributed by atoms with Crippen molar-refractivity contribution in [3.05, 3.63) is 84.3 Å². The van der Waals surface area contributed by atoms with Crippen LogP contribution in [0, 0.1) is 11.3 Å². The van der Waals surface area contributed by atoms with Crippen LogP contribution in [0.3, 0.4) is 0 Å². The van der Waals surface area contributed by atoms with Gasteiger partial charge in [-0.1, -0.05) is 24.3 Å². The SMILES string of the molecule is [2H]C([2H])(Nc1cccc2c(-c3ccc(C#N)nc3)ccnc12)c1ccc(OC(C)C)cc1. The minimum atomic E-state index is -1.82. The monoisotopic (exact) mass is 396 g/mol. The highest BCUT2D eigenvalue weighted by Crippen LogP contribution is 2.31. The summed E-state index contributed by atoms with van der Waals surface area (Å²) >= 11 is 0. The molecule has 0 aliphatic heterocycles. The van der Waals surface area contributed by atoms with Crippen LogP contribution in [-0.2, 0) is 6.50 Å². The second kappa shape index (κ2) is 8.62. The van der Waals surface area contributed by atoms with Gasteiger partial charge < -0.3 is 10.1 Å². The molecule has 4 aromatic rings. The fourth-order valence-corrected chi connectivity index (χ4v) is 3.18. The van der Waals surface area contributed by atoms with Crippen LogP contribution in [0.25, 0.3) is 22.0 Å². The molecule has 5 heteroatoms. The first kappa shape index (κ1) is 17.0. The van der Waals surface area contributed by atoms with Gasteiger partial charge in [0.25, 0.3) is 0 Å². The molecule has 0 aliphatic carbocycles. The summed E-state index contributed by atoms with van der Waals surface area (Å²) in [6.07, 6.45) is 3.40. The molecule has 0 atom stereocenters. The van der Waals surface area contributed by atoms with Crippen molar-refractivity contribution >= 4 is 16.6 Å². The van der Waals surface area contributed by atoms with Crippen molar-refractivity contribution < 1.29 is 7.48 Å². The zero-order valence-electron chi connectivity index (χ0n) is 18.8. The van der Waals surface area contributed by atoms with E-state index in [1.165, 1.54) is 0 Å². The third-order valence-corrected chi connectivity index (χ3v) is 4.53. The molecule has 0 spiro atoms. The number of benzene rings is 2. The van der Waals surface area contributed by atoms with Crippen LogP contribution in [0.1, 0.15) is 27.8 Å². The summed E-state index contributed by atoms with van der Waals surface area (Å²) in [5.74, 6) is 0.701. The van der Waals surface area contributed by atoms with Crippen LogP contribution in [0.15, 0.2) is 73.1 Å². The first-order valence-electron chi connectivity index (χ1n) is 10.7. The third kappa shape index (κ3) is 4.23. The van der Waals surface area contributed by atoms with Gasteiger partial charge in [0.05, 0.1) is 20.0 Å². The first-order valence-corrected chi connectivity index (χ1v) is 9.67. The van der Waals surface area contributed by atoms with Gasteiger partial charge in [0.2, 0.25) is 0 Å². The Morgan fingerprint density at radius 1 is 1.07 bits per heavy atom. The van der Waals surface area contributed by atoms with Crippen LogP contribution in [0.4, 0.5) is 5.69 Å². The number of nitrogens with zero attached hydrogens (tertiary/aromatic N) is 3. The zero-order chi connectivity index (χ0) is 22.7. The molecule has 5 nitrogen and oxygen atoms in total. The van der Waals surface area contributed by atoms with Crippen molar-refractivity contribution in [3.63, 3.8) is 0 Å². The molecule has 0 bridgehead atoms. The molecule has 2 aromatic carbocycles. The Hall–Kier alpha value is -3.91. The lowest BCUT2D eigenvalue weighted by Crippen LogP contribution is -2.05. The zero-order valence-corrected chi connectivity index (χ0v) is 16.8. The summed E-state index contributed by atoms with van der Waals surface area (Å²) in [7, 11) is 0. The van der Waals surface area contributed by atoms with Gasteiger partial charge in [-0.2, -0.15) is 5.26 Å². The van der Waals surface area contributed by atoms with Gasteiger partial charge in [-0.15, -0.1) is 0 Å². The summed E-state index contributed by atoms with van der Waals surface area (Å²) in [6.45, 7) is 2.08. The number of rotatable bonds is 6. The summed E-state index contributed by atoms with van der Waals surface area (Å²) in [4.78, 5) is 8.66. The number of nitrogens with one attached hydrogen (secondary N) is 1. The Morgan fingerprint density at radius 2 is 1.90 bits per heavy atom. The Balaban J connectivity index is 1.68. The van der Waals surface area contributed by atoms with Crippen molar-refractivity contribution in [2.75, 3.05) is 5.32 Å². The first-order chi connectivity index (χ1) is 15.4. The van der Waals surface area contributed by atoms with E-state index in [1.54, 1.807) is 42.7 Å². The van der Waals surface area contributed by atoms with E-state index < -0.39 is 6.50 Å². The van der Waals surface area contributed by atoms with Crippen LogP contribution in [-0.4, -0.2) is 16.1 Å².